The van der Waals surface area contributed by atoms with Gasteiger partial charge in [-0.05, 0) is 24.3 Å². The highest BCUT2D eigenvalue weighted by Crippen LogP contribution is 2.37. The first-order valence-corrected chi connectivity index (χ1v) is 7.23. The second kappa shape index (κ2) is 6.65. The topological polar surface area (TPSA) is 123 Å². The highest BCUT2D eigenvalue weighted by molar-refractivity contribution is 6.31. The monoisotopic (exact) mass is 363 g/mol. The predicted molar refractivity (Wildman–Crippen MR) is 87.4 cm³/mol. The van der Waals surface area contributed by atoms with Crippen LogP contribution in [0.5, 0.6) is 17.2 Å². The molecule has 3 rings (SSSR count). The van der Waals surface area contributed by atoms with Gasteiger partial charge in [0.05, 0.1) is 28.3 Å². The minimum atomic E-state index is -0.723. The van der Waals surface area contributed by atoms with Crippen molar-refractivity contribution in [3.05, 3.63) is 56.6 Å². The fourth-order valence-corrected chi connectivity index (χ4v) is 2.29. The third kappa shape index (κ3) is 3.45. The number of benzene rings is 2. The lowest BCUT2D eigenvalue weighted by atomic mass is 10.1. The second-order valence-corrected chi connectivity index (χ2v) is 5.32. The standard InChI is InChI=1S/C15H10ClN3O6/c16-9-1-2-12(20)10(4-9)15(21)18-17-6-8-3-13-14(25-7-24-13)5-11(8)19(22)23/h1-6,20H,7H2,(H,18,21)/b17-6-. The summed E-state index contributed by atoms with van der Waals surface area (Å²) in [6.07, 6.45) is 1.10. The molecular formula is C15H10ClN3O6. The molecule has 0 unspecified atom stereocenters. The molecule has 0 saturated heterocycles. The van der Waals surface area contributed by atoms with E-state index in [1.54, 1.807) is 0 Å². The Balaban J connectivity index is 1.81. The number of hydrazone groups is 1. The van der Waals surface area contributed by atoms with Crippen LogP contribution in [0.25, 0.3) is 0 Å². The number of ether oxygens (including phenoxy) is 2. The molecule has 1 heterocycles. The Morgan fingerprint density at radius 2 is 2.04 bits per heavy atom. The predicted octanol–water partition coefficient (Wildman–Crippen LogP) is 2.45. The maximum atomic E-state index is 12.0. The maximum Gasteiger partial charge on any atom is 0.282 e. The third-order valence-corrected chi connectivity index (χ3v) is 3.53. The fraction of sp³-hybridized carbons (Fsp3) is 0.0667. The molecule has 1 aliphatic heterocycles. The molecule has 2 N–H and O–H groups in total. The molecule has 0 spiro atoms. The van der Waals surface area contributed by atoms with Crippen LogP contribution in [0.2, 0.25) is 5.02 Å². The number of rotatable bonds is 4. The number of carbonyl (C=O) groups excluding carboxylic acids is 1. The van der Waals surface area contributed by atoms with Crippen molar-refractivity contribution in [1.29, 1.82) is 0 Å². The van der Waals surface area contributed by atoms with Gasteiger partial charge in [0, 0.05) is 5.02 Å². The molecule has 1 aliphatic rings. The number of phenolic OH excluding ortho intramolecular Hbond substituents is 1. The van der Waals surface area contributed by atoms with Crippen molar-refractivity contribution < 1.29 is 24.3 Å². The first-order chi connectivity index (χ1) is 12.0. The van der Waals surface area contributed by atoms with Gasteiger partial charge in [-0.1, -0.05) is 11.6 Å². The van der Waals surface area contributed by atoms with Gasteiger partial charge >= 0.3 is 0 Å². The fourth-order valence-electron chi connectivity index (χ4n) is 2.12. The van der Waals surface area contributed by atoms with Gasteiger partial charge in [-0.3, -0.25) is 14.9 Å². The van der Waals surface area contributed by atoms with E-state index in [1.807, 2.05) is 0 Å². The molecule has 25 heavy (non-hydrogen) atoms. The van der Waals surface area contributed by atoms with Crippen molar-refractivity contribution >= 4 is 29.4 Å². The SMILES string of the molecule is O=C(N/N=C\c1cc2c(cc1[N+](=O)[O-])OCO2)c1cc(Cl)ccc1O. The Bertz CT molecular complexity index is 899. The molecule has 0 fully saturated rings. The molecule has 0 radical (unpaired) electrons. The lowest BCUT2D eigenvalue weighted by Crippen LogP contribution is -2.17. The number of phenols is 1. The van der Waals surface area contributed by atoms with E-state index in [9.17, 15) is 20.0 Å². The molecule has 0 bridgehead atoms. The van der Waals surface area contributed by atoms with E-state index < -0.39 is 10.8 Å². The van der Waals surface area contributed by atoms with Crippen molar-refractivity contribution in [2.45, 2.75) is 0 Å². The first-order valence-electron chi connectivity index (χ1n) is 6.85. The lowest BCUT2D eigenvalue weighted by Gasteiger charge is -2.04. The average molecular weight is 364 g/mol. The number of nitrogens with zero attached hydrogens (tertiary/aromatic N) is 2. The number of fused-ring (bicyclic) bond motifs is 1. The van der Waals surface area contributed by atoms with Crippen molar-refractivity contribution in [3.8, 4) is 17.2 Å². The zero-order valence-electron chi connectivity index (χ0n) is 12.4. The van der Waals surface area contributed by atoms with Gasteiger partial charge in [-0.25, -0.2) is 5.43 Å². The highest BCUT2D eigenvalue weighted by atomic mass is 35.5. The van der Waals surface area contributed by atoms with E-state index in [2.05, 4.69) is 10.5 Å². The van der Waals surface area contributed by atoms with E-state index in [0.29, 0.717) is 5.75 Å². The summed E-state index contributed by atoms with van der Waals surface area (Å²) < 4.78 is 10.2. The van der Waals surface area contributed by atoms with E-state index in [4.69, 9.17) is 21.1 Å². The summed E-state index contributed by atoms with van der Waals surface area (Å²) in [6, 6.07) is 6.56. The van der Waals surface area contributed by atoms with Crippen LogP contribution in [-0.2, 0) is 0 Å². The molecule has 1 amide bonds. The van der Waals surface area contributed by atoms with Crippen molar-refractivity contribution in [3.63, 3.8) is 0 Å². The molecule has 9 nitrogen and oxygen atoms in total. The number of nitrogens with one attached hydrogen (secondary N) is 1. The zero-order valence-corrected chi connectivity index (χ0v) is 13.2. The molecule has 2 aromatic rings. The van der Waals surface area contributed by atoms with Crippen LogP contribution in [0.3, 0.4) is 0 Å². The number of nitro benzene ring substituents is 1. The Kier molecular flexibility index (Phi) is 4.40. The molecule has 0 atom stereocenters. The maximum absolute atomic E-state index is 12.0. The summed E-state index contributed by atoms with van der Waals surface area (Å²) in [5.74, 6) is -0.395. The number of hydrogen-bond acceptors (Lipinski definition) is 7. The van der Waals surface area contributed by atoms with Gasteiger partial charge in [0.15, 0.2) is 11.5 Å². The Morgan fingerprint density at radius 3 is 2.76 bits per heavy atom. The number of amides is 1. The summed E-state index contributed by atoms with van der Waals surface area (Å²) in [5.41, 5.74) is 1.95. The Hall–Kier alpha value is -3.33. The smallest absolute Gasteiger partial charge is 0.282 e. The number of nitro groups is 1. The van der Waals surface area contributed by atoms with Gasteiger partial charge in [0.1, 0.15) is 5.75 Å². The van der Waals surface area contributed by atoms with Crippen molar-refractivity contribution in [2.75, 3.05) is 6.79 Å². The van der Waals surface area contributed by atoms with Crippen LogP contribution < -0.4 is 14.9 Å². The normalized spacial score (nSPS) is 12.4. The largest absolute Gasteiger partial charge is 0.507 e. The molecule has 2 aromatic carbocycles. The molecule has 128 valence electrons. The van der Waals surface area contributed by atoms with Gasteiger partial charge < -0.3 is 14.6 Å². The van der Waals surface area contributed by atoms with Gasteiger partial charge in [0.25, 0.3) is 11.6 Å². The Labute approximate surface area is 145 Å². The average Bonchev–Trinajstić information content (AvgIpc) is 3.03. The van der Waals surface area contributed by atoms with Crippen LogP contribution in [0.15, 0.2) is 35.4 Å². The van der Waals surface area contributed by atoms with Crippen molar-refractivity contribution in [2.24, 2.45) is 5.10 Å². The number of aromatic hydroxyl groups is 1. The summed E-state index contributed by atoms with van der Waals surface area (Å²) in [5, 5.41) is 24.7. The quantitative estimate of drug-likeness (QED) is 0.488. The first kappa shape index (κ1) is 16.5. The van der Waals surface area contributed by atoms with Crippen molar-refractivity contribution in [1.82, 2.24) is 5.43 Å². The van der Waals surface area contributed by atoms with Crippen LogP contribution in [-0.4, -0.2) is 28.9 Å². The van der Waals surface area contributed by atoms with Crippen LogP contribution in [0.4, 0.5) is 5.69 Å². The molecule has 10 heteroatoms. The van der Waals surface area contributed by atoms with Gasteiger partial charge in [-0.2, -0.15) is 5.10 Å². The Morgan fingerprint density at radius 1 is 1.32 bits per heavy atom. The number of halogens is 1. The van der Waals surface area contributed by atoms with E-state index in [-0.39, 0.29) is 40.1 Å². The van der Waals surface area contributed by atoms with Crippen LogP contribution in [0.1, 0.15) is 15.9 Å². The number of carbonyl (C=O) groups is 1. The molecular weight excluding hydrogens is 354 g/mol. The van der Waals surface area contributed by atoms with Gasteiger partial charge in [-0.15, -0.1) is 0 Å². The minimum Gasteiger partial charge on any atom is -0.507 e. The van der Waals surface area contributed by atoms with Crippen LogP contribution >= 0.6 is 11.6 Å². The molecule has 0 saturated carbocycles. The van der Waals surface area contributed by atoms with E-state index in [0.717, 1.165) is 6.21 Å². The van der Waals surface area contributed by atoms with E-state index >= 15 is 0 Å². The molecule has 0 aromatic heterocycles. The highest BCUT2D eigenvalue weighted by Gasteiger charge is 2.22. The third-order valence-electron chi connectivity index (χ3n) is 3.29. The summed E-state index contributed by atoms with van der Waals surface area (Å²) in [7, 11) is 0. The molecule has 0 aliphatic carbocycles. The van der Waals surface area contributed by atoms with E-state index in [1.165, 1.54) is 30.3 Å². The summed E-state index contributed by atoms with van der Waals surface area (Å²) in [4.78, 5) is 22.5. The summed E-state index contributed by atoms with van der Waals surface area (Å²) in [6.45, 7) is -0.0299. The van der Waals surface area contributed by atoms with Gasteiger partial charge in [0.2, 0.25) is 6.79 Å². The summed E-state index contributed by atoms with van der Waals surface area (Å²) >= 11 is 5.77. The minimum absolute atomic E-state index is 0.0299. The zero-order chi connectivity index (χ0) is 18.0. The van der Waals surface area contributed by atoms with Crippen LogP contribution in [0, 0.1) is 10.1 Å². The second-order valence-electron chi connectivity index (χ2n) is 4.88. The number of hydrogen-bond donors (Lipinski definition) is 2. The lowest BCUT2D eigenvalue weighted by molar-refractivity contribution is -0.385.